The highest BCUT2D eigenvalue weighted by atomic mass is 16.2. The minimum absolute atomic E-state index is 0.105. The van der Waals surface area contributed by atoms with Crippen molar-refractivity contribution < 1.29 is 4.79 Å². The van der Waals surface area contributed by atoms with Crippen molar-refractivity contribution in [2.75, 3.05) is 29.4 Å². The van der Waals surface area contributed by atoms with Crippen molar-refractivity contribution in [1.82, 2.24) is 4.98 Å². The number of fused-ring (bicyclic) bond motifs is 1. The Bertz CT molecular complexity index is 866. The molecule has 1 amide bonds. The first-order chi connectivity index (χ1) is 12.2. The lowest BCUT2D eigenvalue weighted by molar-refractivity contribution is 0.0981. The molecule has 0 unspecified atom stereocenters. The summed E-state index contributed by atoms with van der Waals surface area (Å²) < 4.78 is 0. The predicted octanol–water partition coefficient (Wildman–Crippen LogP) is 3.14. The van der Waals surface area contributed by atoms with Crippen molar-refractivity contribution in [1.29, 1.82) is 5.26 Å². The second kappa shape index (κ2) is 6.21. The number of aromatic nitrogens is 1. The molecule has 0 radical (unpaired) electrons. The maximum atomic E-state index is 13.0. The van der Waals surface area contributed by atoms with Gasteiger partial charge >= 0.3 is 0 Å². The fraction of sp³-hybridized carbons (Fsp3) is 0.350. The molecule has 1 aliphatic carbocycles. The highest BCUT2D eigenvalue weighted by Gasteiger charge is 2.31. The number of hydrogen-bond acceptors (Lipinski definition) is 4. The first kappa shape index (κ1) is 15.6. The smallest absolute Gasteiger partial charge is 0.276 e. The molecule has 1 fully saturated rings. The highest BCUT2D eigenvalue weighted by Crippen LogP contribution is 2.37. The normalized spacial score (nSPS) is 16.3. The number of nitriles is 1. The van der Waals surface area contributed by atoms with E-state index >= 15 is 0 Å². The summed E-state index contributed by atoms with van der Waals surface area (Å²) in [4.78, 5) is 21.6. The lowest BCUT2D eigenvalue weighted by Crippen LogP contribution is -2.45. The van der Waals surface area contributed by atoms with Crippen LogP contribution >= 0.6 is 0 Å². The molecule has 0 N–H and O–H groups in total. The average molecular weight is 332 g/mol. The van der Waals surface area contributed by atoms with Crippen LogP contribution in [0.3, 0.4) is 0 Å². The van der Waals surface area contributed by atoms with Gasteiger partial charge in [-0.3, -0.25) is 4.79 Å². The Balaban J connectivity index is 1.64. The summed E-state index contributed by atoms with van der Waals surface area (Å²) in [5, 5.41) is 9.04. The first-order valence-corrected chi connectivity index (χ1v) is 8.71. The molecule has 1 aromatic heterocycles. The lowest BCUT2D eigenvalue weighted by atomic mass is 10.1. The third kappa shape index (κ3) is 2.96. The number of hydrogen-bond donors (Lipinski definition) is 0. The van der Waals surface area contributed by atoms with E-state index in [2.05, 4.69) is 22.0 Å². The highest BCUT2D eigenvalue weighted by molar-refractivity contribution is 6.07. The molecule has 1 aliphatic heterocycles. The lowest BCUT2D eigenvalue weighted by Gasteiger charge is -2.37. The molecule has 0 saturated heterocycles. The van der Waals surface area contributed by atoms with E-state index in [1.165, 1.54) is 12.8 Å². The number of nitrogens with zero attached hydrogens (tertiary/aromatic N) is 4. The molecule has 1 saturated carbocycles. The molecule has 5 nitrogen and oxygen atoms in total. The number of amides is 1. The second-order valence-corrected chi connectivity index (χ2v) is 6.78. The van der Waals surface area contributed by atoms with Crippen LogP contribution in [0.1, 0.15) is 34.6 Å². The molecule has 2 aromatic rings. The molecule has 1 aromatic carbocycles. The maximum absolute atomic E-state index is 13.0. The largest absolute Gasteiger partial charge is 0.368 e. The monoisotopic (exact) mass is 332 g/mol. The van der Waals surface area contributed by atoms with Crippen molar-refractivity contribution in [3.05, 3.63) is 53.3 Å². The Morgan fingerprint density at radius 3 is 2.64 bits per heavy atom. The fourth-order valence-electron chi connectivity index (χ4n) is 3.37. The zero-order chi connectivity index (χ0) is 17.4. The standard InChI is InChI=1S/C20H20N4O/c1-14-16(12-21)8-9-17(22-14)20(25)24-11-10-23(13-15-6-7-15)18-4-2-3-5-19(18)24/h2-5,8-9,15H,6-7,10-11,13H2,1H3. The van der Waals surface area contributed by atoms with Gasteiger partial charge in [-0.1, -0.05) is 12.1 Å². The van der Waals surface area contributed by atoms with E-state index in [0.717, 1.165) is 30.4 Å². The van der Waals surface area contributed by atoms with Crippen molar-refractivity contribution in [2.45, 2.75) is 19.8 Å². The summed E-state index contributed by atoms with van der Waals surface area (Å²) in [5.41, 5.74) is 3.56. The van der Waals surface area contributed by atoms with E-state index in [1.54, 1.807) is 19.1 Å². The summed E-state index contributed by atoms with van der Waals surface area (Å²) in [7, 11) is 0. The van der Waals surface area contributed by atoms with Crippen LogP contribution < -0.4 is 9.80 Å². The summed E-state index contributed by atoms with van der Waals surface area (Å²) in [5.74, 6) is 0.698. The summed E-state index contributed by atoms with van der Waals surface area (Å²) in [6.45, 7) is 4.34. The number of aryl methyl sites for hydroxylation is 1. The van der Waals surface area contributed by atoms with Crippen molar-refractivity contribution in [3.8, 4) is 6.07 Å². The summed E-state index contributed by atoms with van der Waals surface area (Å²) >= 11 is 0. The number of benzene rings is 1. The molecular formula is C20H20N4O. The van der Waals surface area contributed by atoms with E-state index in [0.29, 0.717) is 23.5 Å². The maximum Gasteiger partial charge on any atom is 0.276 e. The van der Waals surface area contributed by atoms with Crippen molar-refractivity contribution in [3.63, 3.8) is 0 Å². The van der Waals surface area contributed by atoms with Gasteiger partial charge in [0.1, 0.15) is 11.8 Å². The Kier molecular flexibility index (Phi) is 3.89. The van der Waals surface area contributed by atoms with Crippen LogP contribution in [0.5, 0.6) is 0 Å². The van der Waals surface area contributed by atoms with Crippen LogP contribution in [0.4, 0.5) is 11.4 Å². The van der Waals surface area contributed by atoms with Gasteiger partial charge in [0, 0.05) is 19.6 Å². The average Bonchev–Trinajstić information content (AvgIpc) is 3.45. The van der Waals surface area contributed by atoms with Gasteiger partial charge in [0.05, 0.1) is 22.6 Å². The van der Waals surface area contributed by atoms with E-state index in [-0.39, 0.29) is 5.91 Å². The van der Waals surface area contributed by atoms with Crippen molar-refractivity contribution in [2.24, 2.45) is 5.92 Å². The van der Waals surface area contributed by atoms with Gasteiger partial charge in [-0.2, -0.15) is 5.26 Å². The number of pyridine rings is 1. The van der Waals surface area contributed by atoms with E-state index < -0.39 is 0 Å². The number of rotatable bonds is 3. The third-order valence-electron chi connectivity index (χ3n) is 4.95. The van der Waals surface area contributed by atoms with Gasteiger partial charge in [0.2, 0.25) is 0 Å². The minimum Gasteiger partial charge on any atom is -0.368 e. The van der Waals surface area contributed by atoms with Gasteiger partial charge in [0.25, 0.3) is 5.91 Å². The number of carbonyl (C=O) groups excluding carboxylic acids is 1. The first-order valence-electron chi connectivity index (χ1n) is 8.71. The minimum atomic E-state index is -0.105. The summed E-state index contributed by atoms with van der Waals surface area (Å²) in [6, 6.07) is 13.5. The molecule has 0 atom stereocenters. The van der Waals surface area contributed by atoms with Gasteiger partial charge in [-0.15, -0.1) is 0 Å². The van der Waals surface area contributed by atoms with Crippen LogP contribution in [0.2, 0.25) is 0 Å². The second-order valence-electron chi connectivity index (χ2n) is 6.78. The summed E-state index contributed by atoms with van der Waals surface area (Å²) in [6.07, 6.45) is 2.63. The quantitative estimate of drug-likeness (QED) is 0.866. The third-order valence-corrected chi connectivity index (χ3v) is 4.95. The van der Waals surface area contributed by atoms with Gasteiger partial charge in [-0.05, 0) is 49.9 Å². The van der Waals surface area contributed by atoms with Crippen LogP contribution in [0, 0.1) is 24.2 Å². The zero-order valence-electron chi connectivity index (χ0n) is 14.3. The predicted molar refractivity (Wildman–Crippen MR) is 96.7 cm³/mol. The van der Waals surface area contributed by atoms with Crippen LogP contribution in [-0.2, 0) is 0 Å². The zero-order valence-corrected chi connectivity index (χ0v) is 14.3. The number of anilines is 2. The van der Waals surface area contributed by atoms with Gasteiger partial charge < -0.3 is 9.80 Å². The Labute approximate surface area is 147 Å². The molecule has 0 spiro atoms. The van der Waals surface area contributed by atoms with Crippen LogP contribution in [0.15, 0.2) is 36.4 Å². The Hall–Kier alpha value is -2.87. The Morgan fingerprint density at radius 1 is 1.20 bits per heavy atom. The SMILES string of the molecule is Cc1nc(C(=O)N2CCN(CC3CC3)c3ccccc32)ccc1C#N. The van der Waals surface area contributed by atoms with Crippen LogP contribution in [0.25, 0.3) is 0 Å². The topological polar surface area (TPSA) is 60.2 Å². The molecule has 2 heterocycles. The number of carbonyl (C=O) groups is 1. The van der Waals surface area contributed by atoms with Crippen molar-refractivity contribution >= 4 is 17.3 Å². The van der Waals surface area contributed by atoms with E-state index in [9.17, 15) is 4.79 Å². The molecule has 0 bridgehead atoms. The van der Waals surface area contributed by atoms with E-state index in [1.807, 2.05) is 23.1 Å². The van der Waals surface area contributed by atoms with Gasteiger partial charge in [-0.25, -0.2) is 4.98 Å². The molecular weight excluding hydrogens is 312 g/mol. The molecule has 126 valence electrons. The van der Waals surface area contributed by atoms with E-state index in [4.69, 9.17) is 5.26 Å². The molecule has 4 rings (SSSR count). The molecule has 2 aliphatic rings. The van der Waals surface area contributed by atoms with Crippen LogP contribution in [-0.4, -0.2) is 30.5 Å². The fourth-order valence-corrected chi connectivity index (χ4v) is 3.37. The molecule has 5 heteroatoms. The number of para-hydroxylation sites is 2. The molecule has 25 heavy (non-hydrogen) atoms. The van der Waals surface area contributed by atoms with Gasteiger partial charge in [0.15, 0.2) is 0 Å². The Morgan fingerprint density at radius 2 is 1.96 bits per heavy atom.